The summed E-state index contributed by atoms with van der Waals surface area (Å²) in [7, 11) is 0. The van der Waals surface area contributed by atoms with Gasteiger partial charge in [0.1, 0.15) is 11.0 Å². The normalized spacial score (nSPS) is 21.0. The van der Waals surface area contributed by atoms with E-state index < -0.39 is 0 Å². The lowest BCUT2D eigenvalue weighted by Crippen LogP contribution is -2.32. The zero-order chi connectivity index (χ0) is 16.4. The van der Waals surface area contributed by atoms with Gasteiger partial charge >= 0.3 is 0 Å². The number of rotatable bonds is 4. The minimum absolute atomic E-state index is 0.0973. The van der Waals surface area contributed by atoms with Gasteiger partial charge in [0, 0.05) is 12.1 Å². The molecule has 24 heavy (non-hydrogen) atoms. The number of hydrogen-bond donors (Lipinski definition) is 1. The van der Waals surface area contributed by atoms with Crippen LogP contribution in [-0.2, 0) is 0 Å². The summed E-state index contributed by atoms with van der Waals surface area (Å²) in [5.74, 6) is 0.381. The van der Waals surface area contributed by atoms with E-state index in [-0.39, 0.29) is 5.91 Å². The van der Waals surface area contributed by atoms with Crippen molar-refractivity contribution in [1.29, 1.82) is 0 Å². The SMILES string of the molecule is O=C(NC[C@H]1CC[C@H](n2ncnn2)CC1)c1ccc2nonc2c1. The van der Waals surface area contributed by atoms with Crippen molar-refractivity contribution in [3.63, 3.8) is 0 Å². The van der Waals surface area contributed by atoms with E-state index in [1.54, 1.807) is 23.0 Å². The fourth-order valence-electron chi connectivity index (χ4n) is 3.18. The molecule has 9 nitrogen and oxygen atoms in total. The molecular formula is C15H17N7O2. The molecule has 0 aliphatic heterocycles. The van der Waals surface area contributed by atoms with Crippen LogP contribution in [0.15, 0.2) is 29.2 Å². The fraction of sp³-hybridized carbons (Fsp3) is 0.467. The van der Waals surface area contributed by atoms with Gasteiger partial charge in [0.25, 0.3) is 5.91 Å². The molecule has 2 aromatic heterocycles. The van der Waals surface area contributed by atoms with Gasteiger partial charge in [-0.15, -0.1) is 10.2 Å². The minimum atomic E-state index is -0.0973. The molecule has 1 N–H and O–H groups in total. The number of hydrogen-bond acceptors (Lipinski definition) is 7. The molecule has 2 heterocycles. The van der Waals surface area contributed by atoms with Crippen molar-refractivity contribution in [2.24, 2.45) is 5.92 Å². The number of tetrazole rings is 1. The number of carbonyl (C=O) groups is 1. The predicted molar refractivity (Wildman–Crippen MR) is 82.9 cm³/mol. The first-order chi connectivity index (χ1) is 11.8. The van der Waals surface area contributed by atoms with Crippen LogP contribution < -0.4 is 5.32 Å². The summed E-state index contributed by atoms with van der Waals surface area (Å²) in [5.41, 5.74) is 1.80. The average molecular weight is 327 g/mol. The van der Waals surface area contributed by atoms with Crippen LogP contribution in [0.3, 0.4) is 0 Å². The second kappa shape index (κ2) is 6.34. The molecule has 1 amide bonds. The number of aromatic nitrogens is 6. The number of carbonyl (C=O) groups excluding carboxylic acids is 1. The predicted octanol–water partition coefficient (Wildman–Crippen LogP) is 1.37. The molecule has 1 saturated carbocycles. The van der Waals surface area contributed by atoms with Crippen molar-refractivity contribution in [1.82, 2.24) is 35.8 Å². The third kappa shape index (κ3) is 2.97. The first kappa shape index (κ1) is 14.7. The number of benzene rings is 1. The molecule has 0 spiro atoms. The molecule has 1 aliphatic rings. The van der Waals surface area contributed by atoms with Crippen molar-refractivity contribution >= 4 is 16.9 Å². The first-order valence-electron chi connectivity index (χ1n) is 8.02. The van der Waals surface area contributed by atoms with Crippen molar-refractivity contribution < 1.29 is 9.42 Å². The van der Waals surface area contributed by atoms with Gasteiger partial charge in [0.2, 0.25) is 0 Å². The van der Waals surface area contributed by atoms with E-state index in [9.17, 15) is 4.79 Å². The Morgan fingerprint density at radius 1 is 1.21 bits per heavy atom. The van der Waals surface area contributed by atoms with E-state index in [0.717, 1.165) is 25.7 Å². The van der Waals surface area contributed by atoms with Crippen LogP contribution in [0.1, 0.15) is 42.1 Å². The summed E-state index contributed by atoms with van der Waals surface area (Å²) >= 11 is 0. The average Bonchev–Trinajstić information content (AvgIpc) is 3.30. The third-order valence-electron chi connectivity index (χ3n) is 4.57. The van der Waals surface area contributed by atoms with Crippen LogP contribution >= 0.6 is 0 Å². The Kier molecular flexibility index (Phi) is 3.89. The molecule has 0 saturated heterocycles. The van der Waals surface area contributed by atoms with Crippen LogP contribution in [0.5, 0.6) is 0 Å². The lowest BCUT2D eigenvalue weighted by atomic mass is 9.86. The van der Waals surface area contributed by atoms with Crippen LogP contribution in [0.25, 0.3) is 11.0 Å². The van der Waals surface area contributed by atoms with Crippen LogP contribution in [0, 0.1) is 5.92 Å². The van der Waals surface area contributed by atoms with Crippen LogP contribution in [0.4, 0.5) is 0 Å². The summed E-state index contributed by atoms with van der Waals surface area (Å²) in [4.78, 5) is 14.0. The zero-order valence-electron chi connectivity index (χ0n) is 13.0. The van der Waals surface area contributed by atoms with E-state index in [0.29, 0.717) is 35.1 Å². The van der Waals surface area contributed by atoms with Crippen LogP contribution in [-0.4, -0.2) is 43.0 Å². The van der Waals surface area contributed by atoms with Gasteiger partial charge in [-0.1, -0.05) is 0 Å². The largest absolute Gasteiger partial charge is 0.352 e. The Labute approximate surface area is 137 Å². The Bertz CT molecular complexity index is 821. The highest BCUT2D eigenvalue weighted by Gasteiger charge is 2.24. The molecular weight excluding hydrogens is 310 g/mol. The maximum atomic E-state index is 12.3. The molecule has 1 aromatic carbocycles. The van der Waals surface area contributed by atoms with E-state index in [1.165, 1.54) is 6.33 Å². The lowest BCUT2D eigenvalue weighted by molar-refractivity contribution is 0.0941. The van der Waals surface area contributed by atoms with Gasteiger partial charge in [-0.05, 0) is 65.3 Å². The first-order valence-corrected chi connectivity index (χ1v) is 8.02. The van der Waals surface area contributed by atoms with Crippen LogP contribution in [0.2, 0.25) is 0 Å². The fourth-order valence-corrected chi connectivity index (χ4v) is 3.18. The maximum Gasteiger partial charge on any atom is 0.251 e. The zero-order valence-corrected chi connectivity index (χ0v) is 13.0. The second-order valence-electron chi connectivity index (χ2n) is 6.11. The molecule has 0 atom stereocenters. The van der Waals surface area contributed by atoms with E-state index in [2.05, 4.69) is 35.7 Å². The Hall–Kier alpha value is -2.84. The summed E-state index contributed by atoms with van der Waals surface area (Å²) < 4.78 is 4.65. The van der Waals surface area contributed by atoms with Gasteiger partial charge in [-0.3, -0.25) is 4.79 Å². The van der Waals surface area contributed by atoms with Gasteiger partial charge in [0.05, 0.1) is 6.04 Å². The van der Waals surface area contributed by atoms with Gasteiger partial charge in [-0.2, -0.15) is 4.80 Å². The number of nitrogens with one attached hydrogen (secondary N) is 1. The lowest BCUT2D eigenvalue weighted by Gasteiger charge is -2.27. The smallest absolute Gasteiger partial charge is 0.251 e. The van der Waals surface area contributed by atoms with Crippen molar-refractivity contribution in [3.8, 4) is 0 Å². The summed E-state index contributed by atoms with van der Waals surface area (Å²) in [6, 6.07) is 5.47. The summed E-state index contributed by atoms with van der Waals surface area (Å²) in [6.07, 6.45) is 5.56. The number of fused-ring (bicyclic) bond motifs is 1. The van der Waals surface area contributed by atoms with E-state index in [4.69, 9.17) is 0 Å². The van der Waals surface area contributed by atoms with Crippen molar-refractivity contribution in [3.05, 3.63) is 30.1 Å². The van der Waals surface area contributed by atoms with E-state index >= 15 is 0 Å². The molecule has 1 fully saturated rings. The second-order valence-corrected chi connectivity index (χ2v) is 6.11. The molecule has 0 unspecified atom stereocenters. The standard InChI is InChI=1S/C15H17N7O2/c23-15(11-3-6-13-14(7-11)20-24-19-13)16-8-10-1-4-12(5-2-10)22-18-9-17-21-22/h3,6-7,9-10,12H,1-2,4-5,8H2,(H,16,23)/t10-,12-. The topological polar surface area (TPSA) is 112 Å². The summed E-state index contributed by atoms with van der Waals surface area (Å²) in [6.45, 7) is 0.672. The molecule has 0 bridgehead atoms. The highest BCUT2D eigenvalue weighted by atomic mass is 16.6. The third-order valence-corrected chi connectivity index (χ3v) is 4.57. The molecule has 0 radical (unpaired) electrons. The molecule has 3 aromatic rings. The molecule has 9 heteroatoms. The molecule has 1 aliphatic carbocycles. The molecule has 124 valence electrons. The highest BCUT2D eigenvalue weighted by Crippen LogP contribution is 2.30. The Morgan fingerprint density at radius 2 is 2.04 bits per heavy atom. The number of nitrogens with zero attached hydrogens (tertiary/aromatic N) is 6. The highest BCUT2D eigenvalue weighted by molar-refractivity contribution is 5.97. The maximum absolute atomic E-state index is 12.3. The summed E-state index contributed by atoms with van der Waals surface area (Å²) in [5, 5.41) is 22.3. The van der Waals surface area contributed by atoms with Crippen molar-refractivity contribution in [2.75, 3.05) is 6.54 Å². The molecule has 4 rings (SSSR count). The monoisotopic (exact) mass is 327 g/mol. The number of amides is 1. The quantitative estimate of drug-likeness (QED) is 0.770. The van der Waals surface area contributed by atoms with Crippen molar-refractivity contribution in [2.45, 2.75) is 31.7 Å². The van der Waals surface area contributed by atoms with Gasteiger partial charge in [0.15, 0.2) is 6.33 Å². The van der Waals surface area contributed by atoms with Gasteiger partial charge in [-0.25, -0.2) is 4.63 Å². The minimum Gasteiger partial charge on any atom is -0.352 e. The van der Waals surface area contributed by atoms with E-state index in [1.807, 2.05) is 0 Å². The van der Waals surface area contributed by atoms with Gasteiger partial charge < -0.3 is 5.32 Å². The Morgan fingerprint density at radius 3 is 2.83 bits per heavy atom. The Balaban J connectivity index is 1.30.